The van der Waals surface area contributed by atoms with E-state index in [2.05, 4.69) is 9.78 Å². The van der Waals surface area contributed by atoms with Gasteiger partial charge < -0.3 is 9.84 Å². The van der Waals surface area contributed by atoms with Crippen molar-refractivity contribution in [3.05, 3.63) is 0 Å². The third-order valence-electron chi connectivity index (χ3n) is 2.33. The van der Waals surface area contributed by atoms with Crippen LogP contribution >= 0.6 is 0 Å². The zero-order valence-corrected chi connectivity index (χ0v) is 9.49. The largest absolute Gasteiger partial charge is 0.550 e. The van der Waals surface area contributed by atoms with Crippen molar-refractivity contribution < 1.29 is 29.2 Å². The van der Waals surface area contributed by atoms with Gasteiger partial charge in [-0.05, 0) is 13.8 Å². The van der Waals surface area contributed by atoms with Crippen molar-refractivity contribution in [3.8, 4) is 0 Å². The Bertz CT molecular complexity index is 250. The second kappa shape index (κ2) is 4.37. The Balaban J connectivity index is 4.23. The van der Waals surface area contributed by atoms with Crippen LogP contribution in [0.2, 0.25) is 0 Å². The summed E-state index contributed by atoms with van der Waals surface area (Å²) >= 11 is 0. The van der Waals surface area contributed by atoms with Crippen molar-refractivity contribution >= 4 is 12.3 Å². The SMILES string of the molecule is CC(C)(C)C(C)(C)OC(=O)OOC(=O)O. The smallest absolute Gasteiger partial charge is 0.447 e. The first kappa shape index (κ1) is 13.5. The summed E-state index contributed by atoms with van der Waals surface area (Å²) in [6.07, 6.45) is -2.89. The molecule has 0 aromatic heterocycles. The Labute approximate surface area is 88.0 Å². The van der Waals surface area contributed by atoms with E-state index < -0.39 is 17.9 Å². The van der Waals surface area contributed by atoms with E-state index in [1.54, 1.807) is 13.8 Å². The summed E-state index contributed by atoms with van der Waals surface area (Å²) < 4.78 is 4.90. The number of ether oxygens (including phenoxy) is 1. The van der Waals surface area contributed by atoms with Gasteiger partial charge in [-0.2, -0.15) is 9.68 Å². The minimum Gasteiger partial charge on any atom is -0.447 e. The van der Waals surface area contributed by atoms with Crippen LogP contribution in [-0.2, 0) is 14.5 Å². The van der Waals surface area contributed by atoms with Gasteiger partial charge in [0.25, 0.3) is 0 Å². The molecule has 0 saturated carbocycles. The highest BCUT2D eigenvalue weighted by Crippen LogP contribution is 2.33. The molecule has 0 aliphatic heterocycles. The first-order valence-electron chi connectivity index (χ1n) is 4.37. The summed E-state index contributed by atoms with van der Waals surface area (Å²) in [6.45, 7) is 9.00. The second-order valence-corrected chi connectivity index (χ2v) is 4.54. The standard InChI is InChI=1S/C9H16O6/c1-8(2,3)9(4,5)13-7(12)15-14-6(10)11/h1-5H3,(H,10,11). The van der Waals surface area contributed by atoms with Crippen LogP contribution in [0.4, 0.5) is 9.59 Å². The Kier molecular flexibility index (Phi) is 3.95. The maximum Gasteiger partial charge on any atom is 0.550 e. The van der Waals surface area contributed by atoms with Crippen LogP contribution in [0.3, 0.4) is 0 Å². The van der Waals surface area contributed by atoms with Gasteiger partial charge in [0.1, 0.15) is 5.60 Å². The molecule has 0 unspecified atom stereocenters. The van der Waals surface area contributed by atoms with Crippen molar-refractivity contribution in [2.45, 2.75) is 40.2 Å². The Morgan fingerprint density at radius 3 is 1.80 bits per heavy atom. The number of hydrogen-bond acceptors (Lipinski definition) is 5. The van der Waals surface area contributed by atoms with Crippen molar-refractivity contribution in [3.63, 3.8) is 0 Å². The normalized spacial score (nSPS) is 11.8. The Hall–Kier alpha value is -1.46. The van der Waals surface area contributed by atoms with E-state index in [0.29, 0.717) is 0 Å². The number of carbonyl (C=O) groups is 2. The monoisotopic (exact) mass is 220 g/mol. The maximum atomic E-state index is 11.0. The second-order valence-electron chi connectivity index (χ2n) is 4.54. The summed E-state index contributed by atoms with van der Waals surface area (Å²) in [5, 5.41) is 8.07. The van der Waals surface area contributed by atoms with E-state index in [1.807, 2.05) is 20.8 Å². The summed E-state index contributed by atoms with van der Waals surface area (Å²) in [7, 11) is 0. The van der Waals surface area contributed by atoms with E-state index in [1.165, 1.54) is 0 Å². The van der Waals surface area contributed by atoms with Gasteiger partial charge in [0.15, 0.2) is 0 Å². The lowest BCUT2D eigenvalue weighted by molar-refractivity contribution is -0.227. The molecule has 0 heterocycles. The van der Waals surface area contributed by atoms with Gasteiger partial charge in [-0.3, -0.25) is 0 Å². The number of carbonyl (C=O) groups excluding carboxylic acids is 1. The summed E-state index contributed by atoms with van der Waals surface area (Å²) in [5.41, 5.74) is -1.11. The zero-order chi connectivity index (χ0) is 12.3. The van der Waals surface area contributed by atoms with Gasteiger partial charge in [0, 0.05) is 5.41 Å². The summed E-state index contributed by atoms with van der Waals surface area (Å²) in [6, 6.07) is 0. The van der Waals surface area contributed by atoms with E-state index in [4.69, 9.17) is 9.84 Å². The summed E-state index contributed by atoms with van der Waals surface area (Å²) in [4.78, 5) is 28.4. The fourth-order valence-electron chi connectivity index (χ4n) is 0.448. The van der Waals surface area contributed by atoms with E-state index in [-0.39, 0.29) is 5.41 Å². The number of hydrogen-bond donors (Lipinski definition) is 1. The fourth-order valence-corrected chi connectivity index (χ4v) is 0.448. The lowest BCUT2D eigenvalue weighted by Crippen LogP contribution is -2.41. The molecule has 6 nitrogen and oxygen atoms in total. The first-order valence-corrected chi connectivity index (χ1v) is 4.37. The van der Waals surface area contributed by atoms with Gasteiger partial charge >= 0.3 is 12.3 Å². The molecule has 0 bridgehead atoms. The maximum absolute atomic E-state index is 11.0. The molecular weight excluding hydrogens is 204 g/mol. The predicted molar refractivity (Wildman–Crippen MR) is 50.2 cm³/mol. The van der Waals surface area contributed by atoms with E-state index in [0.717, 1.165) is 0 Å². The topological polar surface area (TPSA) is 82.1 Å². The predicted octanol–water partition coefficient (Wildman–Crippen LogP) is 2.57. The molecule has 6 heteroatoms. The van der Waals surface area contributed by atoms with Crippen LogP contribution in [0, 0.1) is 5.41 Å². The molecule has 0 aromatic rings. The van der Waals surface area contributed by atoms with E-state index in [9.17, 15) is 9.59 Å². The van der Waals surface area contributed by atoms with Crippen LogP contribution in [0.25, 0.3) is 0 Å². The lowest BCUT2D eigenvalue weighted by Gasteiger charge is -2.36. The van der Waals surface area contributed by atoms with Gasteiger partial charge in [0.2, 0.25) is 0 Å². The van der Waals surface area contributed by atoms with E-state index >= 15 is 0 Å². The molecule has 15 heavy (non-hydrogen) atoms. The molecule has 0 aromatic carbocycles. The van der Waals surface area contributed by atoms with Crippen LogP contribution in [0.15, 0.2) is 0 Å². The van der Waals surface area contributed by atoms with Gasteiger partial charge in [0.05, 0.1) is 0 Å². The number of carboxylic acid groups (broad SMARTS) is 1. The average molecular weight is 220 g/mol. The highest BCUT2D eigenvalue weighted by Gasteiger charge is 2.37. The van der Waals surface area contributed by atoms with Gasteiger partial charge in [-0.1, -0.05) is 20.8 Å². The van der Waals surface area contributed by atoms with Gasteiger partial charge in [-0.25, -0.2) is 9.68 Å². The van der Waals surface area contributed by atoms with Crippen molar-refractivity contribution in [1.82, 2.24) is 0 Å². The molecule has 0 fully saturated rings. The third-order valence-corrected chi connectivity index (χ3v) is 2.33. The third kappa shape index (κ3) is 4.53. The quantitative estimate of drug-likeness (QED) is 0.415. The van der Waals surface area contributed by atoms with Gasteiger partial charge in [-0.15, -0.1) is 0 Å². The van der Waals surface area contributed by atoms with Crippen LogP contribution < -0.4 is 0 Å². The average Bonchev–Trinajstić information content (AvgIpc) is 1.97. The van der Waals surface area contributed by atoms with Crippen LogP contribution in [0.5, 0.6) is 0 Å². The Morgan fingerprint density at radius 1 is 1.00 bits per heavy atom. The number of rotatable bonds is 1. The molecule has 0 aliphatic rings. The molecule has 0 radical (unpaired) electrons. The molecule has 88 valence electrons. The minimum atomic E-state index is -1.71. The highest BCUT2D eigenvalue weighted by atomic mass is 17.3. The highest BCUT2D eigenvalue weighted by molar-refractivity contribution is 5.62. The Morgan fingerprint density at radius 2 is 1.47 bits per heavy atom. The zero-order valence-electron chi connectivity index (χ0n) is 9.49. The van der Waals surface area contributed by atoms with Crippen molar-refractivity contribution in [2.75, 3.05) is 0 Å². The summed E-state index contributed by atoms with van der Waals surface area (Å²) in [5.74, 6) is 0. The fraction of sp³-hybridized carbons (Fsp3) is 0.778. The lowest BCUT2D eigenvalue weighted by atomic mass is 9.79. The van der Waals surface area contributed by atoms with Crippen molar-refractivity contribution in [2.24, 2.45) is 5.41 Å². The molecule has 0 saturated heterocycles. The minimum absolute atomic E-state index is 0.310. The van der Waals surface area contributed by atoms with Crippen molar-refractivity contribution in [1.29, 1.82) is 0 Å². The van der Waals surface area contributed by atoms with Crippen LogP contribution in [0.1, 0.15) is 34.6 Å². The molecule has 0 amide bonds. The molecule has 0 aliphatic carbocycles. The molecule has 0 rings (SSSR count). The molecule has 0 spiro atoms. The first-order chi connectivity index (χ1) is 6.56. The molecule has 0 atom stereocenters. The molecular formula is C9H16O6. The molecule has 1 N–H and O–H groups in total. The van der Waals surface area contributed by atoms with Crippen LogP contribution in [-0.4, -0.2) is 23.0 Å².